The first-order chi connectivity index (χ1) is 8.31. The minimum Gasteiger partial charge on any atom is -0.392 e. The highest BCUT2D eigenvalue weighted by Gasteiger charge is 2.21. The van der Waals surface area contributed by atoms with Gasteiger partial charge in [-0.05, 0) is 17.9 Å². The second-order valence-corrected chi connectivity index (χ2v) is 4.99. The van der Waals surface area contributed by atoms with Crippen LogP contribution in [-0.2, 0) is 6.54 Å². The van der Waals surface area contributed by atoms with Crippen molar-refractivity contribution in [3.05, 3.63) is 22.7 Å². The number of hydrogen-bond donors (Lipinski definition) is 1. The Labute approximate surface area is 103 Å². The highest BCUT2D eigenvalue weighted by molar-refractivity contribution is 7.08. The second-order valence-electron chi connectivity index (χ2n) is 4.21. The lowest BCUT2D eigenvalue weighted by atomic mass is 10.3. The van der Waals surface area contributed by atoms with Crippen molar-refractivity contribution in [2.45, 2.75) is 19.1 Å². The van der Waals surface area contributed by atoms with Gasteiger partial charge in [0, 0.05) is 18.5 Å². The summed E-state index contributed by atoms with van der Waals surface area (Å²) in [5, 5.41) is 17.3. The molecule has 0 spiro atoms. The van der Waals surface area contributed by atoms with Gasteiger partial charge in [-0.2, -0.15) is 16.3 Å². The van der Waals surface area contributed by atoms with Crippen LogP contribution in [0.5, 0.6) is 0 Å². The van der Waals surface area contributed by atoms with E-state index in [2.05, 4.69) is 15.0 Å². The summed E-state index contributed by atoms with van der Waals surface area (Å²) in [6.07, 6.45) is 0.619. The molecule has 1 N–H and O–H groups in total. The molecule has 1 fully saturated rings. The average Bonchev–Trinajstić information content (AvgIpc) is 3.00. The molecule has 0 aromatic carbocycles. The molecule has 2 aromatic rings. The highest BCUT2D eigenvalue weighted by Crippen LogP contribution is 2.20. The first-order valence-electron chi connectivity index (χ1n) is 5.57. The predicted octanol–water partition coefficient (Wildman–Crippen LogP) is 1.36. The van der Waals surface area contributed by atoms with E-state index in [1.165, 1.54) is 0 Å². The molecule has 2 aromatic heterocycles. The number of rotatable bonds is 3. The monoisotopic (exact) mass is 251 g/mol. The van der Waals surface area contributed by atoms with E-state index in [4.69, 9.17) is 4.52 Å². The number of thiophene rings is 1. The Hall–Kier alpha value is -1.24. The van der Waals surface area contributed by atoms with E-state index < -0.39 is 0 Å². The summed E-state index contributed by atoms with van der Waals surface area (Å²) in [6.45, 7) is 2.23. The summed E-state index contributed by atoms with van der Waals surface area (Å²) in [5.41, 5.74) is 0.968. The van der Waals surface area contributed by atoms with E-state index in [1.54, 1.807) is 11.3 Å². The van der Waals surface area contributed by atoms with Gasteiger partial charge in [0.05, 0.1) is 18.2 Å². The van der Waals surface area contributed by atoms with Crippen LogP contribution in [0.25, 0.3) is 11.5 Å². The molecule has 3 rings (SSSR count). The van der Waals surface area contributed by atoms with Crippen LogP contribution in [0.4, 0.5) is 0 Å². The SMILES string of the molecule is O[C@H]1CCN(Cc2noc(-c3ccsc3)n2)C1. The van der Waals surface area contributed by atoms with E-state index >= 15 is 0 Å². The number of β-amino-alcohol motifs (C(OH)–C–C–N with tert-alkyl or cyclic N) is 1. The lowest BCUT2D eigenvalue weighted by Crippen LogP contribution is -2.22. The van der Waals surface area contributed by atoms with Gasteiger partial charge in [0.25, 0.3) is 5.89 Å². The number of nitrogens with zero attached hydrogens (tertiary/aromatic N) is 3. The van der Waals surface area contributed by atoms with Crippen LogP contribution in [0.1, 0.15) is 12.2 Å². The smallest absolute Gasteiger partial charge is 0.258 e. The third-order valence-electron chi connectivity index (χ3n) is 2.85. The molecule has 17 heavy (non-hydrogen) atoms. The lowest BCUT2D eigenvalue weighted by molar-refractivity contribution is 0.173. The largest absolute Gasteiger partial charge is 0.392 e. The number of hydrogen-bond acceptors (Lipinski definition) is 6. The summed E-state index contributed by atoms with van der Waals surface area (Å²) < 4.78 is 5.20. The standard InChI is InChI=1S/C11H13N3O2S/c15-9-1-3-14(5-9)6-10-12-11(16-13-10)8-2-4-17-7-8/h2,4,7,9,15H,1,3,5-6H2/t9-/m0/s1. The van der Waals surface area contributed by atoms with Crippen molar-refractivity contribution < 1.29 is 9.63 Å². The molecule has 0 saturated carbocycles. The molecule has 3 heterocycles. The Bertz CT molecular complexity index is 483. The number of aromatic nitrogens is 2. The average molecular weight is 251 g/mol. The van der Waals surface area contributed by atoms with Crippen molar-refractivity contribution in [2.75, 3.05) is 13.1 Å². The van der Waals surface area contributed by atoms with Gasteiger partial charge in [-0.15, -0.1) is 0 Å². The minimum atomic E-state index is -0.210. The van der Waals surface area contributed by atoms with Crippen LogP contribution < -0.4 is 0 Å². The van der Waals surface area contributed by atoms with Crippen LogP contribution in [-0.4, -0.2) is 39.3 Å². The summed E-state index contributed by atoms with van der Waals surface area (Å²) in [7, 11) is 0. The van der Waals surface area contributed by atoms with E-state index in [0.29, 0.717) is 24.8 Å². The lowest BCUT2D eigenvalue weighted by Gasteiger charge is -2.10. The van der Waals surface area contributed by atoms with Crippen molar-refractivity contribution in [1.29, 1.82) is 0 Å². The zero-order valence-corrected chi connectivity index (χ0v) is 10.1. The van der Waals surface area contributed by atoms with Gasteiger partial charge in [-0.25, -0.2) is 0 Å². The van der Waals surface area contributed by atoms with Gasteiger partial charge in [-0.1, -0.05) is 5.16 Å². The fraction of sp³-hybridized carbons (Fsp3) is 0.455. The van der Waals surface area contributed by atoms with E-state index in [9.17, 15) is 5.11 Å². The van der Waals surface area contributed by atoms with E-state index in [0.717, 1.165) is 18.5 Å². The van der Waals surface area contributed by atoms with Crippen molar-refractivity contribution in [3.8, 4) is 11.5 Å². The topological polar surface area (TPSA) is 62.4 Å². The molecule has 1 aliphatic rings. The quantitative estimate of drug-likeness (QED) is 0.892. The number of aliphatic hydroxyl groups excluding tert-OH is 1. The van der Waals surface area contributed by atoms with Crippen molar-refractivity contribution in [1.82, 2.24) is 15.0 Å². The second kappa shape index (κ2) is 4.56. The molecule has 0 unspecified atom stereocenters. The van der Waals surface area contributed by atoms with Crippen LogP contribution in [0, 0.1) is 0 Å². The summed E-state index contributed by atoms with van der Waals surface area (Å²) >= 11 is 1.61. The van der Waals surface area contributed by atoms with E-state index in [-0.39, 0.29) is 6.10 Å². The molecule has 5 nitrogen and oxygen atoms in total. The fourth-order valence-electron chi connectivity index (χ4n) is 1.98. The molecule has 0 amide bonds. The molecule has 1 aliphatic heterocycles. The molecule has 0 aliphatic carbocycles. The van der Waals surface area contributed by atoms with Crippen LogP contribution in [0.15, 0.2) is 21.3 Å². The number of likely N-dealkylation sites (tertiary alicyclic amines) is 1. The van der Waals surface area contributed by atoms with Gasteiger partial charge in [0.2, 0.25) is 0 Å². The molecule has 0 radical (unpaired) electrons. The summed E-state index contributed by atoms with van der Waals surface area (Å²) in [5.74, 6) is 1.25. The van der Waals surface area contributed by atoms with Gasteiger partial charge in [0.15, 0.2) is 5.82 Å². The Morgan fingerprint density at radius 3 is 3.24 bits per heavy atom. The Balaban J connectivity index is 1.69. The van der Waals surface area contributed by atoms with Crippen LogP contribution >= 0.6 is 11.3 Å². The summed E-state index contributed by atoms with van der Waals surface area (Å²) in [4.78, 5) is 6.48. The van der Waals surface area contributed by atoms with Gasteiger partial charge in [-0.3, -0.25) is 4.90 Å². The highest BCUT2D eigenvalue weighted by atomic mass is 32.1. The Morgan fingerprint density at radius 1 is 1.59 bits per heavy atom. The zero-order valence-electron chi connectivity index (χ0n) is 9.24. The van der Waals surface area contributed by atoms with Crippen LogP contribution in [0.3, 0.4) is 0 Å². The third kappa shape index (κ3) is 2.38. The Morgan fingerprint density at radius 2 is 2.53 bits per heavy atom. The van der Waals surface area contributed by atoms with Crippen molar-refractivity contribution in [3.63, 3.8) is 0 Å². The third-order valence-corrected chi connectivity index (χ3v) is 3.53. The Kier molecular flexibility index (Phi) is 2.92. The van der Waals surface area contributed by atoms with Gasteiger partial charge in [0.1, 0.15) is 0 Å². The molecular weight excluding hydrogens is 238 g/mol. The van der Waals surface area contributed by atoms with Crippen molar-refractivity contribution >= 4 is 11.3 Å². The van der Waals surface area contributed by atoms with Crippen molar-refractivity contribution in [2.24, 2.45) is 0 Å². The van der Waals surface area contributed by atoms with E-state index in [1.807, 2.05) is 16.8 Å². The summed E-state index contributed by atoms with van der Waals surface area (Å²) in [6, 6.07) is 1.96. The van der Waals surface area contributed by atoms with Gasteiger partial charge >= 0.3 is 0 Å². The molecule has 0 bridgehead atoms. The maximum atomic E-state index is 9.43. The maximum Gasteiger partial charge on any atom is 0.258 e. The number of aliphatic hydroxyl groups is 1. The van der Waals surface area contributed by atoms with Gasteiger partial charge < -0.3 is 9.63 Å². The fourth-order valence-corrected chi connectivity index (χ4v) is 2.61. The van der Waals surface area contributed by atoms with Crippen LogP contribution in [0.2, 0.25) is 0 Å². The maximum absolute atomic E-state index is 9.43. The molecule has 90 valence electrons. The molecular formula is C11H13N3O2S. The first-order valence-corrected chi connectivity index (χ1v) is 6.51. The molecule has 1 saturated heterocycles. The first kappa shape index (κ1) is 10.9. The molecule has 1 atom stereocenters. The normalized spacial score (nSPS) is 21.1. The minimum absolute atomic E-state index is 0.210. The predicted molar refractivity (Wildman–Crippen MR) is 63.5 cm³/mol. The zero-order chi connectivity index (χ0) is 11.7. The molecule has 6 heteroatoms.